The third-order valence-electron chi connectivity index (χ3n) is 5.37. The van der Waals surface area contributed by atoms with E-state index >= 15 is 0 Å². The number of rotatable bonds is 8. The predicted molar refractivity (Wildman–Crippen MR) is 128 cm³/mol. The quantitative estimate of drug-likeness (QED) is 0.398. The molecule has 3 aromatic carbocycles. The smallest absolute Gasteiger partial charge is 0.341 e. The van der Waals surface area contributed by atoms with Crippen LogP contribution in [0.4, 0.5) is 0 Å². The Morgan fingerprint density at radius 1 is 0.970 bits per heavy atom. The van der Waals surface area contributed by atoms with E-state index in [1.54, 1.807) is 7.11 Å². The fourth-order valence-corrected chi connectivity index (χ4v) is 3.97. The normalized spacial score (nSPS) is 10.8. The van der Waals surface area contributed by atoms with Gasteiger partial charge < -0.3 is 14.6 Å². The third-order valence-corrected chi connectivity index (χ3v) is 5.37. The summed E-state index contributed by atoms with van der Waals surface area (Å²) in [5.74, 6) is 0.255. The number of methoxy groups -OCH3 is 1. The molecule has 1 heterocycles. The van der Waals surface area contributed by atoms with Gasteiger partial charge in [0.1, 0.15) is 11.5 Å². The Balaban J connectivity index is 1.88. The van der Waals surface area contributed by atoms with Crippen LogP contribution in [0, 0.1) is 13.8 Å². The average molecular weight is 443 g/mol. The standard InChI is InChI=1S/C27H26N2O4/c1-18-13-19(2)27(33-17-26(30)31)22(14-18)23-15-24(21-11-7-8-12-25(21)32-3)29(28-23)16-20-9-5-4-6-10-20/h4-15H,16-17H2,1-3H3,(H,30,31). The molecule has 1 aromatic heterocycles. The van der Waals surface area contributed by atoms with Gasteiger partial charge in [0.15, 0.2) is 6.61 Å². The number of carboxylic acids is 1. The largest absolute Gasteiger partial charge is 0.496 e. The van der Waals surface area contributed by atoms with Crippen LogP contribution in [0.3, 0.4) is 0 Å². The highest BCUT2D eigenvalue weighted by atomic mass is 16.5. The molecule has 33 heavy (non-hydrogen) atoms. The summed E-state index contributed by atoms with van der Waals surface area (Å²) in [6, 6.07) is 23.9. The molecular formula is C27H26N2O4. The maximum Gasteiger partial charge on any atom is 0.341 e. The Hall–Kier alpha value is -4.06. The van der Waals surface area contributed by atoms with Crippen molar-refractivity contribution in [1.82, 2.24) is 9.78 Å². The Morgan fingerprint density at radius 3 is 2.42 bits per heavy atom. The van der Waals surface area contributed by atoms with Crippen LogP contribution in [-0.4, -0.2) is 34.6 Å². The number of aryl methyl sites for hydroxylation is 2. The molecule has 168 valence electrons. The fraction of sp³-hybridized carbons (Fsp3) is 0.185. The zero-order valence-electron chi connectivity index (χ0n) is 18.9. The molecule has 0 saturated heterocycles. The third kappa shape index (κ3) is 4.90. The van der Waals surface area contributed by atoms with Crippen LogP contribution in [0.1, 0.15) is 16.7 Å². The van der Waals surface area contributed by atoms with Gasteiger partial charge in [0, 0.05) is 11.1 Å². The highest BCUT2D eigenvalue weighted by molar-refractivity contribution is 5.77. The van der Waals surface area contributed by atoms with E-state index in [0.717, 1.165) is 39.3 Å². The Labute approximate surface area is 193 Å². The van der Waals surface area contributed by atoms with E-state index in [9.17, 15) is 4.79 Å². The summed E-state index contributed by atoms with van der Waals surface area (Å²) in [5.41, 5.74) is 6.31. The van der Waals surface area contributed by atoms with Gasteiger partial charge in [-0.2, -0.15) is 5.10 Å². The molecule has 0 saturated carbocycles. The van der Waals surface area contributed by atoms with Gasteiger partial charge in [-0.15, -0.1) is 0 Å². The minimum Gasteiger partial charge on any atom is -0.496 e. The van der Waals surface area contributed by atoms with E-state index in [4.69, 9.17) is 19.7 Å². The Bertz CT molecular complexity index is 1280. The van der Waals surface area contributed by atoms with Crippen LogP contribution in [0.15, 0.2) is 72.8 Å². The predicted octanol–water partition coefficient (Wildman–Crippen LogP) is 5.35. The molecule has 0 aliphatic carbocycles. The minimum absolute atomic E-state index is 0.416. The zero-order chi connectivity index (χ0) is 23.4. The first kappa shape index (κ1) is 22.1. The maximum absolute atomic E-state index is 11.2. The highest BCUT2D eigenvalue weighted by Crippen LogP contribution is 2.38. The number of nitrogens with zero attached hydrogens (tertiary/aromatic N) is 2. The molecule has 6 nitrogen and oxygen atoms in total. The van der Waals surface area contributed by atoms with Gasteiger partial charge in [0.2, 0.25) is 0 Å². The summed E-state index contributed by atoms with van der Waals surface area (Å²) in [6.45, 7) is 4.07. The number of ether oxygens (including phenoxy) is 2. The summed E-state index contributed by atoms with van der Waals surface area (Å²) in [7, 11) is 1.65. The van der Waals surface area contributed by atoms with Gasteiger partial charge in [0.25, 0.3) is 0 Å². The second-order valence-electron chi connectivity index (χ2n) is 7.90. The zero-order valence-corrected chi connectivity index (χ0v) is 18.9. The highest BCUT2D eigenvalue weighted by Gasteiger charge is 2.19. The number of carbonyl (C=O) groups is 1. The number of para-hydroxylation sites is 1. The summed E-state index contributed by atoms with van der Waals surface area (Å²) < 4.78 is 13.2. The van der Waals surface area contributed by atoms with Crippen molar-refractivity contribution in [3.8, 4) is 34.0 Å². The summed E-state index contributed by atoms with van der Waals surface area (Å²) in [5, 5.41) is 14.1. The molecule has 0 radical (unpaired) electrons. The van der Waals surface area contributed by atoms with Crippen LogP contribution >= 0.6 is 0 Å². The Morgan fingerprint density at radius 2 is 1.70 bits per heavy atom. The first-order valence-electron chi connectivity index (χ1n) is 10.7. The maximum atomic E-state index is 11.2. The van der Waals surface area contributed by atoms with Crippen LogP contribution in [0.25, 0.3) is 22.5 Å². The van der Waals surface area contributed by atoms with Gasteiger partial charge in [-0.05, 0) is 54.8 Å². The molecule has 4 rings (SSSR count). The van der Waals surface area contributed by atoms with E-state index in [0.29, 0.717) is 18.0 Å². The molecule has 0 atom stereocenters. The van der Waals surface area contributed by atoms with E-state index in [-0.39, 0.29) is 0 Å². The summed E-state index contributed by atoms with van der Waals surface area (Å²) in [6.07, 6.45) is 0. The SMILES string of the molecule is COc1ccccc1-c1cc(-c2cc(C)cc(C)c2OCC(=O)O)nn1Cc1ccccc1. The molecule has 6 heteroatoms. The molecule has 0 unspecified atom stereocenters. The molecular weight excluding hydrogens is 416 g/mol. The molecule has 0 bridgehead atoms. The monoisotopic (exact) mass is 442 g/mol. The van der Waals surface area contributed by atoms with Gasteiger partial charge in [-0.3, -0.25) is 4.68 Å². The number of aromatic nitrogens is 2. The van der Waals surface area contributed by atoms with Gasteiger partial charge in [-0.1, -0.05) is 48.5 Å². The number of hydrogen-bond acceptors (Lipinski definition) is 4. The average Bonchev–Trinajstić information content (AvgIpc) is 3.21. The van der Waals surface area contributed by atoms with E-state index in [1.165, 1.54) is 0 Å². The topological polar surface area (TPSA) is 73.6 Å². The van der Waals surface area contributed by atoms with Gasteiger partial charge in [-0.25, -0.2) is 4.79 Å². The van der Waals surface area contributed by atoms with Crippen LogP contribution < -0.4 is 9.47 Å². The van der Waals surface area contributed by atoms with E-state index < -0.39 is 12.6 Å². The first-order valence-corrected chi connectivity index (χ1v) is 10.7. The number of carboxylic acid groups (broad SMARTS) is 1. The molecule has 0 amide bonds. The second kappa shape index (κ2) is 9.61. The van der Waals surface area contributed by atoms with Crippen LogP contribution in [0.5, 0.6) is 11.5 Å². The number of aliphatic carboxylic acids is 1. The van der Waals surface area contributed by atoms with Crippen molar-refractivity contribution in [2.45, 2.75) is 20.4 Å². The van der Waals surface area contributed by atoms with Crippen LogP contribution in [0.2, 0.25) is 0 Å². The fourth-order valence-electron chi connectivity index (χ4n) is 3.97. The Kier molecular flexibility index (Phi) is 6.45. The minimum atomic E-state index is -1.02. The van der Waals surface area contributed by atoms with Gasteiger partial charge >= 0.3 is 5.97 Å². The first-order chi connectivity index (χ1) is 16.0. The molecule has 1 N–H and O–H groups in total. The van der Waals surface area contributed by atoms with Crippen molar-refractivity contribution in [1.29, 1.82) is 0 Å². The van der Waals surface area contributed by atoms with Crippen molar-refractivity contribution >= 4 is 5.97 Å². The second-order valence-corrected chi connectivity index (χ2v) is 7.90. The lowest BCUT2D eigenvalue weighted by atomic mass is 10.0. The molecule has 0 fully saturated rings. The van der Waals surface area contributed by atoms with E-state index in [1.807, 2.05) is 79.2 Å². The lowest BCUT2D eigenvalue weighted by molar-refractivity contribution is -0.139. The summed E-state index contributed by atoms with van der Waals surface area (Å²) >= 11 is 0. The summed E-state index contributed by atoms with van der Waals surface area (Å²) in [4.78, 5) is 11.2. The van der Waals surface area contributed by atoms with Crippen molar-refractivity contribution in [3.05, 3.63) is 89.5 Å². The lowest BCUT2D eigenvalue weighted by Gasteiger charge is -2.13. The molecule has 4 aromatic rings. The van der Waals surface area contributed by atoms with Crippen molar-refractivity contribution in [3.63, 3.8) is 0 Å². The molecule has 0 aliphatic rings. The molecule has 0 aliphatic heterocycles. The van der Waals surface area contributed by atoms with Crippen molar-refractivity contribution in [2.24, 2.45) is 0 Å². The van der Waals surface area contributed by atoms with E-state index in [2.05, 4.69) is 12.1 Å². The number of benzene rings is 3. The van der Waals surface area contributed by atoms with Crippen molar-refractivity contribution in [2.75, 3.05) is 13.7 Å². The van der Waals surface area contributed by atoms with Crippen LogP contribution in [-0.2, 0) is 11.3 Å². The lowest BCUT2D eigenvalue weighted by Crippen LogP contribution is -2.11. The van der Waals surface area contributed by atoms with Crippen molar-refractivity contribution < 1.29 is 19.4 Å². The molecule has 0 spiro atoms. The van der Waals surface area contributed by atoms with Gasteiger partial charge in [0.05, 0.1) is 25.0 Å². The number of hydrogen-bond donors (Lipinski definition) is 1.